The summed E-state index contributed by atoms with van der Waals surface area (Å²) < 4.78 is 0. The van der Waals surface area contributed by atoms with Gasteiger partial charge in [-0.3, -0.25) is 19.5 Å². The van der Waals surface area contributed by atoms with Gasteiger partial charge in [0.15, 0.2) is 0 Å². The molecule has 1 aromatic carbocycles. The molecule has 4 nitrogen and oxygen atoms in total. The van der Waals surface area contributed by atoms with E-state index in [0.29, 0.717) is 16.3 Å². The van der Waals surface area contributed by atoms with Crippen LogP contribution in [0.25, 0.3) is 0 Å². The van der Waals surface area contributed by atoms with Crippen LogP contribution in [-0.4, -0.2) is 16.7 Å². The molecule has 1 aromatic heterocycles. The number of carbonyl (C=O) groups is 2. The van der Waals surface area contributed by atoms with Crippen molar-refractivity contribution in [3.63, 3.8) is 0 Å². The highest BCUT2D eigenvalue weighted by Crippen LogP contribution is 2.32. The van der Waals surface area contributed by atoms with Crippen LogP contribution >= 0.6 is 11.6 Å². The quantitative estimate of drug-likeness (QED) is 0.798. The number of hydrogen-bond acceptors (Lipinski definition) is 3. The number of Topliss-reactive ketones (excluding diaryl/α,β-unsaturated/α-hetero) is 1. The maximum atomic E-state index is 12.1. The lowest BCUT2D eigenvalue weighted by atomic mass is 10.1. The van der Waals surface area contributed by atoms with Crippen molar-refractivity contribution in [2.24, 2.45) is 0 Å². The van der Waals surface area contributed by atoms with Crippen LogP contribution in [0.4, 0.5) is 5.69 Å². The molecule has 0 saturated carbocycles. The van der Waals surface area contributed by atoms with E-state index in [1.165, 1.54) is 11.0 Å². The van der Waals surface area contributed by atoms with Gasteiger partial charge in [-0.1, -0.05) is 17.7 Å². The summed E-state index contributed by atoms with van der Waals surface area (Å²) in [5.41, 5.74) is 2.56. The molecule has 2 heterocycles. The SMILES string of the molecule is Cc1cccc(CN2C(=O)C(=O)c3cc(Cl)ccc32)n1. The number of benzene rings is 1. The molecule has 1 aliphatic rings. The lowest BCUT2D eigenvalue weighted by Crippen LogP contribution is -2.29. The number of fused-ring (bicyclic) bond motifs is 1. The van der Waals surface area contributed by atoms with E-state index in [2.05, 4.69) is 4.98 Å². The molecule has 1 aliphatic heterocycles. The summed E-state index contributed by atoms with van der Waals surface area (Å²) in [5.74, 6) is -1.05. The van der Waals surface area contributed by atoms with Crippen LogP contribution in [0.2, 0.25) is 5.02 Å². The summed E-state index contributed by atoms with van der Waals surface area (Å²) in [6.07, 6.45) is 0. The number of halogens is 1. The molecule has 0 atom stereocenters. The predicted octanol–water partition coefficient (Wildman–Crippen LogP) is 2.77. The normalized spacial score (nSPS) is 13.8. The monoisotopic (exact) mass is 286 g/mol. The number of aromatic nitrogens is 1. The molecular weight excluding hydrogens is 276 g/mol. The minimum Gasteiger partial charge on any atom is -0.299 e. The standard InChI is InChI=1S/C15H11ClN2O2/c1-9-3-2-4-11(17-9)8-18-13-6-5-10(16)7-12(13)14(19)15(18)20/h2-7H,8H2,1H3. The Kier molecular flexibility index (Phi) is 3.03. The number of anilines is 1. The highest BCUT2D eigenvalue weighted by Gasteiger charge is 2.35. The molecule has 0 saturated heterocycles. The van der Waals surface area contributed by atoms with Gasteiger partial charge in [0, 0.05) is 10.7 Å². The summed E-state index contributed by atoms with van der Waals surface area (Å²) in [6, 6.07) is 10.5. The van der Waals surface area contributed by atoms with Crippen molar-refractivity contribution in [2.45, 2.75) is 13.5 Å². The summed E-state index contributed by atoms with van der Waals surface area (Å²) in [5, 5.41) is 0.445. The molecule has 5 heteroatoms. The van der Waals surface area contributed by atoms with Gasteiger partial charge in [-0.05, 0) is 37.3 Å². The molecule has 0 fully saturated rings. The van der Waals surface area contributed by atoms with Crippen molar-refractivity contribution in [1.82, 2.24) is 4.98 Å². The fourth-order valence-electron chi connectivity index (χ4n) is 2.28. The largest absolute Gasteiger partial charge is 0.299 e. The van der Waals surface area contributed by atoms with E-state index in [4.69, 9.17) is 11.6 Å². The van der Waals surface area contributed by atoms with Gasteiger partial charge in [0.1, 0.15) is 0 Å². The average molecular weight is 287 g/mol. The van der Waals surface area contributed by atoms with Gasteiger partial charge in [-0.2, -0.15) is 0 Å². The molecule has 0 spiro atoms. The van der Waals surface area contributed by atoms with Crippen LogP contribution in [-0.2, 0) is 11.3 Å². The van der Waals surface area contributed by atoms with E-state index in [-0.39, 0.29) is 6.54 Å². The van der Waals surface area contributed by atoms with Crippen LogP contribution in [0, 0.1) is 6.92 Å². The molecular formula is C15H11ClN2O2. The first kappa shape index (κ1) is 12.8. The molecule has 20 heavy (non-hydrogen) atoms. The number of carbonyl (C=O) groups excluding carboxylic acids is 2. The average Bonchev–Trinajstić information content (AvgIpc) is 2.64. The van der Waals surface area contributed by atoms with E-state index in [9.17, 15) is 9.59 Å². The number of nitrogens with zero attached hydrogens (tertiary/aromatic N) is 2. The van der Waals surface area contributed by atoms with Gasteiger partial charge in [0.2, 0.25) is 0 Å². The Labute approximate surface area is 121 Å². The Hall–Kier alpha value is -2.20. The Morgan fingerprint density at radius 1 is 1.20 bits per heavy atom. The van der Waals surface area contributed by atoms with Gasteiger partial charge in [0.25, 0.3) is 11.7 Å². The zero-order chi connectivity index (χ0) is 14.3. The van der Waals surface area contributed by atoms with Gasteiger partial charge < -0.3 is 0 Å². The minimum absolute atomic E-state index is 0.279. The van der Waals surface area contributed by atoms with Crippen molar-refractivity contribution < 1.29 is 9.59 Å². The van der Waals surface area contributed by atoms with E-state index in [1.807, 2.05) is 25.1 Å². The molecule has 0 aliphatic carbocycles. The Morgan fingerprint density at radius 2 is 2.00 bits per heavy atom. The van der Waals surface area contributed by atoms with E-state index in [1.54, 1.807) is 12.1 Å². The smallest absolute Gasteiger partial charge is 0.299 e. The lowest BCUT2D eigenvalue weighted by Gasteiger charge is -2.16. The topological polar surface area (TPSA) is 50.3 Å². The van der Waals surface area contributed by atoms with Crippen molar-refractivity contribution >= 4 is 29.0 Å². The number of ketones is 1. The maximum Gasteiger partial charge on any atom is 0.299 e. The Balaban J connectivity index is 1.99. The molecule has 0 radical (unpaired) electrons. The lowest BCUT2D eigenvalue weighted by molar-refractivity contribution is -0.114. The first-order valence-electron chi connectivity index (χ1n) is 6.14. The van der Waals surface area contributed by atoms with Crippen LogP contribution in [0.15, 0.2) is 36.4 Å². The number of hydrogen-bond donors (Lipinski definition) is 0. The third-order valence-electron chi connectivity index (χ3n) is 3.20. The van der Waals surface area contributed by atoms with E-state index < -0.39 is 11.7 Å². The molecule has 0 N–H and O–H groups in total. The highest BCUT2D eigenvalue weighted by molar-refractivity contribution is 6.52. The second-order valence-corrected chi connectivity index (χ2v) is 5.09. The third-order valence-corrected chi connectivity index (χ3v) is 3.43. The van der Waals surface area contributed by atoms with Gasteiger partial charge in [-0.15, -0.1) is 0 Å². The summed E-state index contributed by atoms with van der Waals surface area (Å²) >= 11 is 5.87. The molecule has 0 unspecified atom stereocenters. The van der Waals surface area contributed by atoms with Crippen LogP contribution in [0.1, 0.15) is 21.7 Å². The summed E-state index contributed by atoms with van der Waals surface area (Å²) in [6.45, 7) is 2.16. The predicted molar refractivity (Wildman–Crippen MR) is 75.9 cm³/mol. The van der Waals surface area contributed by atoms with Crippen LogP contribution in [0.5, 0.6) is 0 Å². The molecule has 2 aromatic rings. The number of pyridine rings is 1. The first-order valence-corrected chi connectivity index (χ1v) is 6.52. The van der Waals surface area contributed by atoms with E-state index in [0.717, 1.165) is 11.4 Å². The van der Waals surface area contributed by atoms with Gasteiger partial charge >= 0.3 is 0 Å². The van der Waals surface area contributed by atoms with Crippen LogP contribution < -0.4 is 4.90 Å². The number of aryl methyl sites for hydroxylation is 1. The van der Waals surface area contributed by atoms with Crippen molar-refractivity contribution in [3.05, 3.63) is 58.4 Å². The molecule has 1 amide bonds. The second-order valence-electron chi connectivity index (χ2n) is 4.65. The Morgan fingerprint density at radius 3 is 2.75 bits per heavy atom. The highest BCUT2D eigenvalue weighted by atomic mass is 35.5. The molecule has 100 valence electrons. The summed E-state index contributed by atoms with van der Waals surface area (Å²) in [7, 11) is 0. The molecule has 3 rings (SSSR count). The third kappa shape index (κ3) is 2.08. The van der Waals surface area contributed by atoms with E-state index >= 15 is 0 Å². The first-order chi connectivity index (χ1) is 9.56. The fraction of sp³-hybridized carbons (Fsp3) is 0.133. The van der Waals surface area contributed by atoms with Gasteiger partial charge in [0.05, 0.1) is 23.5 Å². The zero-order valence-electron chi connectivity index (χ0n) is 10.8. The minimum atomic E-state index is -0.537. The van der Waals surface area contributed by atoms with Crippen molar-refractivity contribution in [3.8, 4) is 0 Å². The molecule has 0 bridgehead atoms. The second kappa shape index (κ2) is 4.72. The zero-order valence-corrected chi connectivity index (χ0v) is 11.5. The summed E-state index contributed by atoms with van der Waals surface area (Å²) in [4.78, 5) is 29.8. The fourth-order valence-corrected chi connectivity index (χ4v) is 2.45. The number of amides is 1. The maximum absolute atomic E-state index is 12.1. The van der Waals surface area contributed by atoms with Crippen molar-refractivity contribution in [1.29, 1.82) is 0 Å². The van der Waals surface area contributed by atoms with Gasteiger partial charge in [-0.25, -0.2) is 0 Å². The van der Waals surface area contributed by atoms with Crippen LogP contribution in [0.3, 0.4) is 0 Å². The van der Waals surface area contributed by atoms with Crippen molar-refractivity contribution in [2.75, 3.05) is 4.90 Å². The number of rotatable bonds is 2. The Bertz CT molecular complexity index is 728.